The van der Waals surface area contributed by atoms with Crippen LogP contribution in [0.5, 0.6) is 5.75 Å². The summed E-state index contributed by atoms with van der Waals surface area (Å²) >= 11 is 6.19. The lowest BCUT2D eigenvalue weighted by molar-refractivity contribution is 0.415. The van der Waals surface area contributed by atoms with Crippen LogP contribution in [0.1, 0.15) is 39.0 Å². The second-order valence-electron chi connectivity index (χ2n) is 7.12. The van der Waals surface area contributed by atoms with E-state index >= 15 is 0 Å². The highest BCUT2D eigenvalue weighted by molar-refractivity contribution is 6.31. The summed E-state index contributed by atoms with van der Waals surface area (Å²) < 4.78 is 5.42. The molecule has 150 valence electrons. The van der Waals surface area contributed by atoms with Crippen LogP contribution < -0.4 is 15.4 Å². The summed E-state index contributed by atoms with van der Waals surface area (Å²) in [5, 5.41) is 10.00. The van der Waals surface area contributed by atoms with Gasteiger partial charge in [0.1, 0.15) is 5.75 Å². The third-order valence-corrected chi connectivity index (χ3v) is 5.19. The lowest BCUT2D eigenvalue weighted by Crippen LogP contribution is -2.15. The molecule has 0 aliphatic rings. The molecule has 0 aliphatic carbocycles. The molecule has 3 rings (SSSR count). The van der Waals surface area contributed by atoms with Gasteiger partial charge in [-0.15, -0.1) is 0 Å². The third-order valence-electron chi connectivity index (χ3n) is 4.95. The molecule has 5 heteroatoms. The first-order chi connectivity index (χ1) is 13.7. The fourth-order valence-corrected chi connectivity index (χ4v) is 3.62. The number of halogens is 1. The summed E-state index contributed by atoms with van der Waals surface area (Å²) in [5.41, 5.74) is 2.97. The van der Waals surface area contributed by atoms with Crippen molar-refractivity contribution >= 4 is 39.1 Å². The third kappa shape index (κ3) is 5.27. The quantitative estimate of drug-likeness (QED) is 0.305. The first-order valence-corrected chi connectivity index (χ1v) is 10.6. The molecule has 0 amide bonds. The Bertz CT molecular complexity index is 913. The molecule has 1 aromatic heterocycles. The summed E-state index contributed by atoms with van der Waals surface area (Å²) in [4.78, 5) is 4.78. The van der Waals surface area contributed by atoms with E-state index in [2.05, 4.69) is 23.6 Å². The van der Waals surface area contributed by atoms with Crippen LogP contribution in [0.25, 0.3) is 21.8 Å². The molecule has 2 aromatic carbocycles. The standard InChI is InChI=1S/C23H30ClN3O/c1-3-12-25-13-6-4-5-7-14-26-23-19-10-8-17(24)15-22(19)27-21-11-9-18(28-2)16-20(21)23/h8-11,15-16,25H,3-7,12-14H2,1-2H3,(H,26,27). The minimum absolute atomic E-state index is 0.704. The molecule has 0 saturated carbocycles. The maximum Gasteiger partial charge on any atom is 0.119 e. The van der Waals surface area contributed by atoms with Gasteiger partial charge >= 0.3 is 0 Å². The monoisotopic (exact) mass is 399 g/mol. The van der Waals surface area contributed by atoms with E-state index in [1.807, 2.05) is 30.3 Å². The van der Waals surface area contributed by atoms with Gasteiger partial charge in [-0.05, 0) is 68.8 Å². The van der Waals surface area contributed by atoms with Crippen molar-refractivity contribution in [1.82, 2.24) is 10.3 Å². The predicted molar refractivity (Wildman–Crippen MR) is 121 cm³/mol. The van der Waals surface area contributed by atoms with Crippen LogP contribution in [-0.4, -0.2) is 31.7 Å². The lowest BCUT2D eigenvalue weighted by Gasteiger charge is -2.14. The van der Waals surface area contributed by atoms with E-state index < -0.39 is 0 Å². The van der Waals surface area contributed by atoms with Crippen LogP contribution >= 0.6 is 11.6 Å². The highest BCUT2D eigenvalue weighted by Gasteiger charge is 2.10. The second-order valence-corrected chi connectivity index (χ2v) is 7.56. The first-order valence-electron chi connectivity index (χ1n) is 10.2. The largest absolute Gasteiger partial charge is 0.497 e. The maximum atomic E-state index is 6.19. The summed E-state index contributed by atoms with van der Waals surface area (Å²) in [6.07, 6.45) is 6.10. The number of anilines is 1. The molecule has 0 radical (unpaired) electrons. The van der Waals surface area contributed by atoms with Gasteiger partial charge in [-0.1, -0.05) is 31.4 Å². The number of hydrogen-bond donors (Lipinski definition) is 2. The van der Waals surface area contributed by atoms with Crippen LogP contribution in [0.2, 0.25) is 5.02 Å². The Morgan fingerprint density at radius 1 is 0.893 bits per heavy atom. The average Bonchev–Trinajstić information content (AvgIpc) is 2.71. The van der Waals surface area contributed by atoms with E-state index in [1.54, 1.807) is 7.11 Å². The molecule has 3 aromatic rings. The smallest absolute Gasteiger partial charge is 0.119 e. The van der Waals surface area contributed by atoms with Gasteiger partial charge in [-0.2, -0.15) is 0 Å². The normalized spacial score (nSPS) is 11.2. The molecular formula is C23H30ClN3O. The summed E-state index contributed by atoms with van der Waals surface area (Å²) in [6, 6.07) is 11.9. The number of methoxy groups -OCH3 is 1. The molecule has 0 fully saturated rings. The van der Waals surface area contributed by atoms with Crippen molar-refractivity contribution in [1.29, 1.82) is 0 Å². The number of unbranched alkanes of at least 4 members (excludes halogenated alkanes) is 3. The number of benzene rings is 2. The van der Waals surface area contributed by atoms with Gasteiger partial charge < -0.3 is 15.4 Å². The zero-order chi connectivity index (χ0) is 19.8. The molecule has 2 N–H and O–H groups in total. The Labute approximate surface area is 172 Å². The van der Waals surface area contributed by atoms with E-state index in [0.717, 1.165) is 59.3 Å². The van der Waals surface area contributed by atoms with Crippen molar-refractivity contribution in [3.05, 3.63) is 41.4 Å². The molecule has 0 spiro atoms. The summed E-state index contributed by atoms with van der Waals surface area (Å²) in [7, 11) is 1.69. The predicted octanol–water partition coefficient (Wildman–Crippen LogP) is 6.02. The molecule has 0 aliphatic heterocycles. The van der Waals surface area contributed by atoms with Gasteiger partial charge in [0.2, 0.25) is 0 Å². The zero-order valence-electron chi connectivity index (χ0n) is 16.9. The van der Waals surface area contributed by atoms with Crippen molar-refractivity contribution in [2.45, 2.75) is 39.0 Å². The molecule has 0 bridgehead atoms. The SMILES string of the molecule is CCCNCCCCCCNc1c2ccc(Cl)cc2nc2ccc(OC)cc12. The fraction of sp³-hybridized carbons (Fsp3) is 0.435. The number of fused-ring (bicyclic) bond motifs is 2. The van der Waals surface area contributed by atoms with Crippen LogP contribution in [0.15, 0.2) is 36.4 Å². The van der Waals surface area contributed by atoms with Gasteiger partial charge in [0.25, 0.3) is 0 Å². The Balaban J connectivity index is 1.70. The minimum Gasteiger partial charge on any atom is -0.497 e. The van der Waals surface area contributed by atoms with Gasteiger partial charge in [-0.3, -0.25) is 0 Å². The van der Waals surface area contributed by atoms with Crippen LogP contribution in [-0.2, 0) is 0 Å². The van der Waals surface area contributed by atoms with E-state index in [4.69, 9.17) is 21.3 Å². The van der Waals surface area contributed by atoms with Crippen molar-refractivity contribution in [2.75, 3.05) is 32.1 Å². The second kappa shape index (κ2) is 10.5. The van der Waals surface area contributed by atoms with Crippen LogP contribution in [0.4, 0.5) is 5.69 Å². The Kier molecular flexibility index (Phi) is 7.75. The lowest BCUT2D eigenvalue weighted by atomic mass is 10.1. The Hall–Kier alpha value is -2.04. The number of nitrogens with zero attached hydrogens (tertiary/aromatic N) is 1. The number of pyridine rings is 1. The van der Waals surface area contributed by atoms with Crippen molar-refractivity contribution in [2.24, 2.45) is 0 Å². The van der Waals surface area contributed by atoms with Gasteiger partial charge in [0.15, 0.2) is 0 Å². The average molecular weight is 400 g/mol. The van der Waals surface area contributed by atoms with E-state index in [-0.39, 0.29) is 0 Å². The van der Waals surface area contributed by atoms with E-state index in [9.17, 15) is 0 Å². The Morgan fingerprint density at radius 3 is 2.50 bits per heavy atom. The topological polar surface area (TPSA) is 46.2 Å². The molecule has 0 unspecified atom stereocenters. The van der Waals surface area contributed by atoms with Crippen LogP contribution in [0.3, 0.4) is 0 Å². The molecular weight excluding hydrogens is 370 g/mol. The first kappa shape index (κ1) is 20.7. The Morgan fingerprint density at radius 2 is 1.71 bits per heavy atom. The van der Waals surface area contributed by atoms with Crippen molar-refractivity contribution in [3.63, 3.8) is 0 Å². The van der Waals surface area contributed by atoms with Gasteiger partial charge in [0, 0.05) is 22.3 Å². The molecule has 1 heterocycles. The number of nitrogens with one attached hydrogen (secondary N) is 2. The van der Waals surface area contributed by atoms with E-state index in [0.29, 0.717) is 5.02 Å². The summed E-state index contributed by atoms with van der Waals surface area (Å²) in [6.45, 7) is 5.39. The molecule has 0 saturated heterocycles. The molecule has 4 nitrogen and oxygen atoms in total. The number of hydrogen-bond acceptors (Lipinski definition) is 4. The van der Waals surface area contributed by atoms with E-state index in [1.165, 1.54) is 25.7 Å². The van der Waals surface area contributed by atoms with Crippen molar-refractivity contribution < 1.29 is 4.74 Å². The fourth-order valence-electron chi connectivity index (χ4n) is 3.46. The van der Waals surface area contributed by atoms with Crippen molar-refractivity contribution in [3.8, 4) is 5.75 Å². The molecule has 0 atom stereocenters. The maximum absolute atomic E-state index is 6.19. The number of aromatic nitrogens is 1. The van der Waals surface area contributed by atoms with Gasteiger partial charge in [0.05, 0.1) is 23.8 Å². The van der Waals surface area contributed by atoms with Gasteiger partial charge in [-0.25, -0.2) is 4.98 Å². The minimum atomic E-state index is 0.704. The van der Waals surface area contributed by atoms with Crippen LogP contribution in [0, 0.1) is 0 Å². The summed E-state index contributed by atoms with van der Waals surface area (Å²) in [5.74, 6) is 0.838. The number of ether oxygens (including phenoxy) is 1. The molecule has 28 heavy (non-hydrogen) atoms. The zero-order valence-corrected chi connectivity index (χ0v) is 17.6. The highest BCUT2D eigenvalue weighted by atomic mass is 35.5. The number of rotatable bonds is 11. The highest BCUT2D eigenvalue weighted by Crippen LogP contribution is 2.34.